The summed E-state index contributed by atoms with van der Waals surface area (Å²) in [5.74, 6) is 1.44. The van der Waals surface area contributed by atoms with Crippen molar-refractivity contribution in [3.63, 3.8) is 0 Å². The molecule has 3 heterocycles. The summed E-state index contributed by atoms with van der Waals surface area (Å²) < 4.78 is 33.5. The number of hydrogen-bond acceptors (Lipinski definition) is 4. The molecule has 0 fully saturated rings. The van der Waals surface area contributed by atoms with E-state index < -0.39 is 12.7 Å². The van der Waals surface area contributed by atoms with Crippen LogP contribution in [-0.4, -0.2) is 22.2 Å². The lowest BCUT2D eigenvalue weighted by molar-refractivity contribution is -0.0505. The average Bonchev–Trinajstić information content (AvgIpc) is 3.19. The van der Waals surface area contributed by atoms with Crippen molar-refractivity contribution >= 4 is 35.0 Å². The van der Waals surface area contributed by atoms with Gasteiger partial charge >= 0.3 is 6.61 Å². The van der Waals surface area contributed by atoms with Gasteiger partial charge < -0.3 is 9.64 Å². The van der Waals surface area contributed by atoms with Crippen molar-refractivity contribution in [2.24, 2.45) is 4.99 Å². The van der Waals surface area contributed by atoms with Gasteiger partial charge in [-0.05, 0) is 61.0 Å². The zero-order valence-electron chi connectivity index (χ0n) is 18.6. The number of alkyl halides is 2. The molecule has 0 saturated heterocycles. The van der Waals surface area contributed by atoms with E-state index in [0.29, 0.717) is 22.2 Å². The molecule has 0 radical (unpaired) electrons. The molecular weight excluding hydrogens is 470 g/mol. The monoisotopic (exact) mass is 488 g/mol. The normalized spacial score (nSPS) is 16.0. The molecule has 2 aliphatic rings. The van der Waals surface area contributed by atoms with Crippen LogP contribution in [0.5, 0.6) is 5.75 Å². The molecule has 35 heavy (non-hydrogen) atoms. The molecule has 3 aromatic carbocycles. The van der Waals surface area contributed by atoms with Crippen LogP contribution in [0.4, 0.5) is 20.3 Å². The minimum atomic E-state index is -2.95. The van der Waals surface area contributed by atoms with Crippen molar-refractivity contribution in [3.8, 4) is 11.4 Å². The highest BCUT2D eigenvalue weighted by molar-refractivity contribution is 6.30. The number of amidine groups is 1. The van der Waals surface area contributed by atoms with Crippen LogP contribution in [0.3, 0.4) is 0 Å². The molecule has 0 amide bonds. The Labute approximate surface area is 205 Å². The van der Waals surface area contributed by atoms with Crippen LogP contribution in [0.2, 0.25) is 5.02 Å². The highest BCUT2D eigenvalue weighted by atomic mass is 35.5. The number of benzene rings is 3. The first-order valence-corrected chi connectivity index (χ1v) is 11.4. The molecule has 8 heteroatoms. The zero-order valence-corrected chi connectivity index (χ0v) is 19.3. The number of halogens is 3. The van der Waals surface area contributed by atoms with Crippen molar-refractivity contribution in [1.82, 2.24) is 9.78 Å². The summed E-state index contributed by atoms with van der Waals surface area (Å²) in [5, 5.41) is 5.42. The van der Waals surface area contributed by atoms with E-state index in [9.17, 15) is 8.78 Å². The van der Waals surface area contributed by atoms with Gasteiger partial charge in [0.1, 0.15) is 11.6 Å². The van der Waals surface area contributed by atoms with Crippen LogP contribution in [0, 0.1) is 6.92 Å². The first kappa shape index (κ1) is 21.6. The summed E-state index contributed by atoms with van der Waals surface area (Å²) in [4.78, 5) is 7.05. The molecule has 0 spiro atoms. The Balaban J connectivity index is 1.63. The summed E-state index contributed by atoms with van der Waals surface area (Å²) in [6.07, 6.45) is 3.94. The third kappa shape index (κ3) is 3.59. The van der Waals surface area contributed by atoms with Crippen molar-refractivity contribution in [2.45, 2.75) is 19.6 Å². The topological polar surface area (TPSA) is 42.6 Å². The van der Waals surface area contributed by atoms with Gasteiger partial charge in [0.15, 0.2) is 5.82 Å². The van der Waals surface area contributed by atoms with E-state index in [4.69, 9.17) is 26.4 Å². The van der Waals surface area contributed by atoms with E-state index in [2.05, 4.69) is 4.90 Å². The number of anilines is 1. The van der Waals surface area contributed by atoms with Crippen LogP contribution >= 0.6 is 11.6 Å². The fraction of sp³-hybridized carbons (Fsp3) is 0.111. The largest absolute Gasteiger partial charge is 0.434 e. The van der Waals surface area contributed by atoms with E-state index in [1.165, 1.54) is 0 Å². The maximum Gasteiger partial charge on any atom is 0.387 e. The van der Waals surface area contributed by atoms with E-state index in [0.717, 1.165) is 28.2 Å². The second-order valence-electron chi connectivity index (χ2n) is 8.26. The number of ether oxygens (including phenoxy) is 1. The van der Waals surface area contributed by atoms with E-state index in [-0.39, 0.29) is 5.75 Å². The Morgan fingerprint density at radius 2 is 1.69 bits per heavy atom. The van der Waals surface area contributed by atoms with Crippen molar-refractivity contribution in [2.75, 3.05) is 4.90 Å². The standard InChI is InChI=1S/C27H19ClF2N4O/c1-16-24-25(20-7-3-5-9-22(20)35-27(29)30)33-21-8-4-2-6-17(21)10-15-23(33)31-26(24)34(32-16)19-13-11-18(28)12-14-19/h2-15,25,27H,1H3/t25-/m1/s1. The number of aryl methyl sites for hydroxylation is 1. The van der Waals surface area contributed by atoms with Gasteiger partial charge in [0.2, 0.25) is 0 Å². The highest BCUT2D eigenvalue weighted by Gasteiger charge is 2.39. The second-order valence-corrected chi connectivity index (χ2v) is 8.70. The maximum atomic E-state index is 13.4. The molecule has 0 aliphatic carbocycles. The third-order valence-electron chi connectivity index (χ3n) is 6.19. The van der Waals surface area contributed by atoms with Gasteiger partial charge in [0.05, 0.1) is 23.1 Å². The van der Waals surface area contributed by atoms with Gasteiger partial charge in [-0.3, -0.25) is 0 Å². The number of para-hydroxylation sites is 2. The lowest BCUT2D eigenvalue weighted by atomic mass is 9.91. The minimum Gasteiger partial charge on any atom is -0.434 e. The van der Waals surface area contributed by atoms with Gasteiger partial charge in [0, 0.05) is 16.1 Å². The molecule has 0 unspecified atom stereocenters. The SMILES string of the molecule is Cc1nn(-c2ccc(Cl)cc2)c2c1[C@@H](c1ccccc1OC(F)F)N1C(=N2)C=Cc2ccccc21. The van der Waals surface area contributed by atoms with E-state index in [1.807, 2.05) is 67.6 Å². The molecule has 0 bridgehead atoms. The lowest BCUT2D eigenvalue weighted by Crippen LogP contribution is -2.39. The Bertz CT molecular complexity index is 1490. The molecule has 0 N–H and O–H groups in total. The molecule has 174 valence electrons. The van der Waals surface area contributed by atoms with Crippen LogP contribution < -0.4 is 9.64 Å². The summed E-state index contributed by atoms with van der Waals surface area (Å²) in [6, 6.07) is 21.7. The van der Waals surface area contributed by atoms with Gasteiger partial charge in [-0.25, -0.2) is 9.67 Å². The van der Waals surface area contributed by atoms with E-state index in [1.54, 1.807) is 28.9 Å². The van der Waals surface area contributed by atoms with Crippen LogP contribution in [0.1, 0.15) is 28.4 Å². The molecule has 5 nitrogen and oxygen atoms in total. The number of hydrogen-bond donors (Lipinski definition) is 0. The predicted octanol–water partition coefficient (Wildman–Crippen LogP) is 7.10. The van der Waals surface area contributed by atoms with E-state index >= 15 is 0 Å². The Morgan fingerprint density at radius 1 is 0.943 bits per heavy atom. The Kier molecular flexibility index (Phi) is 5.15. The van der Waals surface area contributed by atoms with Gasteiger partial charge in [-0.15, -0.1) is 0 Å². The Morgan fingerprint density at radius 3 is 2.49 bits per heavy atom. The number of rotatable bonds is 4. The molecule has 1 atom stereocenters. The van der Waals surface area contributed by atoms with Crippen molar-refractivity contribution in [1.29, 1.82) is 0 Å². The van der Waals surface area contributed by atoms with Gasteiger partial charge in [-0.1, -0.05) is 48.0 Å². The van der Waals surface area contributed by atoms with Gasteiger partial charge in [-0.2, -0.15) is 13.9 Å². The number of aromatic nitrogens is 2. The molecule has 6 rings (SSSR count). The first-order chi connectivity index (χ1) is 17.0. The fourth-order valence-corrected chi connectivity index (χ4v) is 4.86. The molecule has 2 aliphatic heterocycles. The molecular formula is C27H19ClF2N4O. The summed E-state index contributed by atoms with van der Waals surface area (Å²) in [6.45, 7) is -1.04. The zero-order chi connectivity index (χ0) is 24.1. The lowest BCUT2D eigenvalue weighted by Gasteiger charge is -2.39. The molecule has 4 aromatic rings. The van der Waals surface area contributed by atoms with Gasteiger partial charge in [0.25, 0.3) is 0 Å². The number of nitrogens with zero attached hydrogens (tertiary/aromatic N) is 4. The molecule has 1 aromatic heterocycles. The van der Waals surface area contributed by atoms with Crippen LogP contribution in [0.25, 0.3) is 11.8 Å². The first-order valence-electron chi connectivity index (χ1n) is 11.1. The fourth-order valence-electron chi connectivity index (χ4n) is 4.74. The summed E-state index contributed by atoms with van der Waals surface area (Å²) in [7, 11) is 0. The van der Waals surface area contributed by atoms with Crippen LogP contribution in [-0.2, 0) is 0 Å². The summed E-state index contributed by atoms with van der Waals surface area (Å²) >= 11 is 6.10. The maximum absolute atomic E-state index is 13.4. The second kappa shape index (κ2) is 8.36. The molecule has 0 saturated carbocycles. The smallest absolute Gasteiger partial charge is 0.387 e. The third-order valence-corrected chi connectivity index (χ3v) is 6.44. The average molecular weight is 489 g/mol. The Hall–Kier alpha value is -3.97. The van der Waals surface area contributed by atoms with Crippen molar-refractivity contribution < 1.29 is 13.5 Å². The predicted molar refractivity (Wildman–Crippen MR) is 133 cm³/mol. The van der Waals surface area contributed by atoms with Crippen LogP contribution in [0.15, 0.2) is 83.9 Å². The van der Waals surface area contributed by atoms with Crippen molar-refractivity contribution in [3.05, 3.63) is 106 Å². The highest BCUT2D eigenvalue weighted by Crippen LogP contribution is 2.48. The summed E-state index contributed by atoms with van der Waals surface area (Å²) in [5.41, 5.74) is 4.89. The quantitative estimate of drug-likeness (QED) is 0.307. The number of fused-ring (bicyclic) bond motifs is 4. The number of aliphatic imine (C=N–C) groups is 1. The minimum absolute atomic E-state index is 0.116.